The summed E-state index contributed by atoms with van der Waals surface area (Å²) in [6, 6.07) is 10.1. The number of anilines is 1. The summed E-state index contributed by atoms with van der Waals surface area (Å²) in [4.78, 5) is 12.0. The van der Waals surface area contributed by atoms with E-state index in [2.05, 4.69) is 10.5 Å². The van der Waals surface area contributed by atoms with Gasteiger partial charge in [-0.05, 0) is 36.4 Å². The van der Waals surface area contributed by atoms with E-state index in [9.17, 15) is 17.6 Å². The molecule has 2 rings (SSSR count). The van der Waals surface area contributed by atoms with Crippen LogP contribution < -0.4 is 9.73 Å². The Labute approximate surface area is 150 Å². The first-order valence-electron chi connectivity index (χ1n) is 7.01. The predicted molar refractivity (Wildman–Crippen MR) is 96.2 cm³/mol. The lowest BCUT2D eigenvalue weighted by molar-refractivity contribution is 0.0955. The summed E-state index contributed by atoms with van der Waals surface area (Å²) < 4.78 is 37.6. The summed E-state index contributed by atoms with van der Waals surface area (Å²) in [6.45, 7) is 0. The van der Waals surface area contributed by atoms with Gasteiger partial charge in [0, 0.05) is 18.2 Å². The number of hydrogen-bond donors (Lipinski definition) is 1. The third-order valence-electron chi connectivity index (χ3n) is 3.35. The SMILES string of the molecule is CN(c1ccc(C(=O)N/N=C\c2c(F)cccc2Cl)cc1)S(C)(=O)=O. The molecule has 0 spiro atoms. The number of halogens is 2. The molecule has 25 heavy (non-hydrogen) atoms. The second-order valence-electron chi connectivity index (χ2n) is 5.11. The summed E-state index contributed by atoms with van der Waals surface area (Å²) in [5, 5.41) is 3.85. The number of nitrogens with zero attached hydrogens (tertiary/aromatic N) is 2. The zero-order valence-electron chi connectivity index (χ0n) is 13.4. The van der Waals surface area contributed by atoms with Crippen molar-refractivity contribution in [1.82, 2.24) is 5.43 Å². The third-order valence-corrected chi connectivity index (χ3v) is 4.89. The van der Waals surface area contributed by atoms with Gasteiger partial charge in [-0.1, -0.05) is 17.7 Å². The van der Waals surface area contributed by atoms with Crippen molar-refractivity contribution < 1.29 is 17.6 Å². The molecule has 0 aliphatic heterocycles. The Hall–Kier alpha value is -2.45. The average Bonchev–Trinajstić information content (AvgIpc) is 2.56. The van der Waals surface area contributed by atoms with Crippen molar-refractivity contribution in [3.63, 3.8) is 0 Å². The highest BCUT2D eigenvalue weighted by molar-refractivity contribution is 7.92. The normalized spacial score (nSPS) is 11.5. The molecular weight excluding hydrogens is 369 g/mol. The monoisotopic (exact) mass is 383 g/mol. The largest absolute Gasteiger partial charge is 0.274 e. The molecule has 0 aliphatic carbocycles. The van der Waals surface area contributed by atoms with E-state index < -0.39 is 21.7 Å². The summed E-state index contributed by atoms with van der Waals surface area (Å²) in [7, 11) is -1.97. The maximum atomic E-state index is 13.6. The summed E-state index contributed by atoms with van der Waals surface area (Å²) >= 11 is 5.85. The topological polar surface area (TPSA) is 78.8 Å². The van der Waals surface area contributed by atoms with Crippen LogP contribution in [0.25, 0.3) is 0 Å². The molecule has 1 N–H and O–H groups in total. The van der Waals surface area contributed by atoms with E-state index in [1.54, 1.807) is 0 Å². The Balaban J connectivity index is 2.08. The molecule has 1 amide bonds. The molecule has 9 heteroatoms. The third kappa shape index (κ3) is 4.77. The van der Waals surface area contributed by atoms with Crippen molar-refractivity contribution in [3.8, 4) is 0 Å². The molecule has 0 heterocycles. The van der Waals surface area contributed by atoms with Crippen LogP contribution in [-0.4, -0.2) is 33.8 Å². The highest BCUT2D eigenvalue weighted by atomic mass is 35.5. The minimum atomic E-state index is -3.38. The van der Waals surface area contributed by atoms with Gasteiger partial charge in [-0.15, -0.1) is 0 Å². The van der Waals surface area contributed by atoms with Crippen LogP contribution in [0.2, 0.25) is 5.02 Å². The van der Waals surface area contributed by atoms with Gasteiger partial charge in [0.15, 0.2) is 0 Å². The van der Waals surface area contributed by atoms with E-state index in [1.807, 2.05) is 0 Å². The van der Waals surface area contributed by atoms with Gasteiger partial charge in [0.2, 0.25) is 10.0 Å². The van der Waals surface area contributed by atoms with Gasteiger partial charge in [0.1, 0.15) is 5.82 Å². The lowest BCUT2D eigenvalue weighted by atomic mass is 10.2. The van der Waals surface area contributed by atoms with Crippen LogP contribution >= 0.6 is 11.6 Å². The van der Waals surface area contributed by atoms with Crippen LogP contribution in [0.5, 0.6) is 0 Å². The zero-order chi connectivity index (χ0) is 18.6. The molecule has 0 radical (unpaired) electrons. The molecule has 0 aromatic heterocycles. The number of nitrogens with one attached hydrogen (secondary N) is 1. The van der Waals surface area contributed by atoms with Crippen molar-refractivity contribution in [2.45, 2.75) is 0 Å². The maximum Gasteiger partial charge on any atom is 0.271 e. The molecule has 0 saturated heterocycles. The highest BCUT2D eigenvalue weighted by Crippen LogP contribution is 2.17. The fourth-order valence-corrected chi connectivity index (χ4v) is 2.58. The van der Waals surface area contributed by atoms with Crippen LogP contribution in [0.15, 0.2) is 47.6 Å². The Kier molecular flexibility index (Phi) is 5.76. The van der Waals surface area contributed by atoms with Crippen molar-refractivity contribution >= 4 is 39.4 Å². The van der Waals surface area contributed by atoms with Gasteiger partial charge in [0.05, 0.1) is 23.2 Å². The van der Waals surface area contributed by atoms with Gasteiger partial charge in [0.25, 0.3) is 5.91 Å². The van der Waals surface area contributed by atoms with Gasteiger partial charge in [-0.2, -0.15) is 5.10 Å². The Morgan fingerprint density at radius 1 is 1.24 bits per heavy atom. The highest BCUT2D eigenvalue weighted by Gasteiger charge is 2.12. The van der Waals surface area contributed by atoms with E-state index in [1.165, 1.54) is 49.5 Å². The molecule has 0 unspecified atom stereocenters. The number of carbonyl (C=O) groups excluding carboxylic acids is 1. The first-order valence-corrected chi connectivity index (χ1v) is 9.24. The number of hydrogen-bond acceptors (Lipinski definition) is 4. The molecule has 132 valence electrons. The number of benzene rings is 2. The fraction of sp³-hybridized carbons (Fsp3) is 0.125. The zero-order valence-corrected chi connectivity index (χ0v) is 15.0. The molecule has 0 bridgehead atoms. The van der Waals surface area contributed by atoms with E-state index in [0.717, 1.165) is 16.8 Å². The van der Waals surface area contributed by atoms with Gasteiger partial charge >= 0.3 is 0 Å². The van der Waals surface area contributed by atoms with Crippen LogP contribution in [0.1, 0.15) is 15.9 Å². The first-order chi connectivity index (χ1) is 11.7. The predicted octanol–water partition coefficient (Wildman–Crippen LogP) is 2.64. The van der Waals surface area contributed by atoms with Gasteiger partial charge < -0.3 is 0 Å². The number of sulfonamides is 1. The summed E-state index contributed by atoms with van der Waals surface area (Å²) in [5.41, 5.74) is 3.00. The Morgan fingerprint density at radius 3 is 2.44 bits per heavy atom. The van der Waals surface area contributed by atoms with Crippen LogP contribution in [0.3, 0.4) is 0 Å². The number of amides is 1. The van der Waals surface area contributed by atoms with E-state index in [-0.39, 0.29) is 16.1 Å². The van der Waals surface area contributed by atoms with Crippen molar-refractivity contribution in [1.29, 1.82) is 0 Å². The lowest BCUT2D eigenvalue weighted by Gasteiger charge is -2.16. The maximum absolute atomic E-state index is 13.6. The van der Waals surface area contributed by atoms with Gasteiger partial charge in [-0.25, -0.2) is 18.2 Å². The Bertz CT molecular complexity index is 894. The first kappa shape index (κ1) is 18.9. The number of rotatable bonds is 5. The molecule has 2 aromatic rings. The second-order valence-corrected chi connectivity index (χ2v) is 7.53. The minimum Gasteiger partial charge on any atom is -0.274 e. The fourth-order valence-electron chi connectivity index (χ4n) is 1.87. The number of carbonyl (C=O) groups is 1. The Morgan fingerprint density at radius 2 is 1.88 bits per heavy atom. The molecule has 0 atom stereocenters. The smallest absolute Gasteiger partial charge is 0.271 e. The second kappa shape index (κ2) is 7.62. The van der Waals surface area contributed by atoms with Crippen molar-refractivity contribution in [2.24, 2.45) is 5.10 Å². The van der Waals surface area contributed by atoms with Crippen molar-refractivity contribution in [3.05, 3.63) is 64.4 Å². The molecular formula is C16H15ClFN3O3S. The van der Waals surface area contributed by atoms with E-state index in [0.29, 0.717) is 5.69 Å². The molecule has 6 nitrogen and oxygen atoms in total. The quantitative estimate of drug-likeness (QED) is 0.636. The number of hydrazone groups is 1. The average molecular weight is 384 g/mol. The van der Waals surface area contributed by atoms with E-state index >= 15 is 0 Å². The van der Waals surface area contributed by atoms with Gasteiger partial charge in [-0.3, -0.25) is 9.10 Å². The summed E-state index contributed by atoms with van der Waals surface area (Å²) in [6.07, 6.45) is 2.19. The van der Waals surface area contributed by atoms with E-state index in [4.69, 9.17) is 11.6 Å². The molecule has 0 saturated carbocycles. The molecule has 0 aliphatic rings. The van der Waals surface area contributed by atoms with Crippen molar-refractivity contribution in [2.75, 3.05) is 17.6 Å². The van der Waals surface area contributed by atoms with Crippen LogP contribution in [0, 0.1) is 5.82 Å². The van der Waals surface area contributed by atoms with Crippen LogP contribution in [-0.2, 0) is 10.0 Å². The standard InChI is InChI=1S/C16H15ClFN3O3S/c1-21(25(2,23)24)12-8-6-11(7-9-12)16(22)20-19-10-13-14(17)4-3-5-15(13)18/h3-10H,1-2H3,(H,20,22)/b19-10-. The van der Waals surface area contributed by atoms with Crippen LogP contribution in [0.4, 0.5) is 10.1 Å². The lowest BCUT2D eigenvalue weighted by Crippen LogP contribution is -2.25. The summed E-state index contributed by atoms with van der Waals surface area (Å²) in [5.74, 6) is -1.09. The minimum absolute atomic E-state index is 0.0644. The molecule has 2 aromatic carbocycles. The molecule has 0 fully saturated rings.